The SMILES string of the molecule is COCc1cc(C2=NC(C)(C)CO2)ccc1-c1ccc(Cl)cc1.COCc1ccc(C(=O)N(C)C)cc1-c1ccc(Cl)cc1.COCc1ccc(C(=O)N2CCC(O)CC2)cc1-c1ccc(Cl)cc1.COCc1ccc(C(=O)NCCO)cc1-c1ccc(Cl)cc1.COCc1ccc(C(=O)NCc2ccncc2)cc1-c1ccc(Cl)cc1. The smallest absolute Gasteiger partial charge is 0.253 e. The second kappa shape index (κ2) is 45.6. The average Bonchev–Trinajstić information content (AvgIpc) is 1.08. The molecule has 3 heterocycles. The zero-order valence-corrected chi connectivity index (χ0v) is 70.7. The maximum absolute atomic E-state index is 12.8. The van der Waals surface area contributed by atoms with E-state index >= 15 is 0 Å². The number of methoxy groups -OCH3 is 5. The molecule has 10 aromatic carbocycles. The Bertz CT molecular complexity index is 5110. The minimum absolute atomic E-state index is 0.00563. The highest BCUT2D eigenvalue weighted by Gasteiger charge is 2.28. The van der Waals surface area contributed by atoms with Gasteiger partial charge in [0, 0.05) is 141 Å². The first-order chi connectivity index (χ1) is 56.4. The van der Waals surface area contributed by atoms with Gasteiger partial charge >= 0.3 is 0 Å². The van der Waals surface area contributed by atoms with Crippen LogP contribution in [-0.2, 0) is 68.0 Å². The molecule has 0 saturated carbocycles. The molecule has 2 aliphatic rings. The van der Waals surface area contributed by atoms with Gasteiger partial charge in [-0.15, -0.1) is 0 Å². The third kappa shape index (κ3) is 27.0. The van der Waals surface area contributed by atoms with Crippen molar-refractivity contribution < 1.29 is 57.8 Å². The third-order valence-corrected chi connectivity index (χ3v) is 20.1. The number of hydrogen-bond acceptors (Lipinski definition) is 14. The normalized spacial score (nSPS) is 12.6. The molecule has 117 heavy (non-hydrogen) atoms. The van der Waals surface area contributed by atoms with E-state index in [2.05, 4.69) is 46.6 Å². The summed E-state index contributed by atoms with van der Waals surface area (Å²) in [4.78, 5) is 61.5. The zero-order chi connectivity index (χ0) is 84.0. The van der Waals surface area contributed by atoms with Gasteiger partial charge in [-0.2, -0.15) is 0 Å². The van der Waals surface area contributed by atoms with Crippen molar-refractivity contribution in [2.45, 2.75) is 77.9 Å². The van der Waals surface area contributed by atoms with E-state index in [4.69, 9.17) is 91.5 Å². The number of rotatable bonds is 24. The molecule has 1 aromatic heterocycles. The molecule has 2 aliphatic heterocycles. The highest BCUT2D eigenvalue weighted by Crippen LogP contribution is 2.34. The molecule has 11 aromatic rings. The predicted molar refractivity (Wildman–Crippen MR) is 469 cm³/mol. The lowest BCUT2D eigenvalue weighted by Crippen LogP contribution is -2.40. The summed E-state index contributed by atoms with van der Waals surface area (Å²) in [5, 5.41) is 27.4. The van der Waals surface area contributed by atoms with E-state index in [9.17, 15) is 24.3 Å². The van der Waals surface area contributed by atoms with Crippen molar-refractivity contribution in [1.29, 1.82) is 0 Å². The van der Waals surface area contributed by atoms with Crippen LogP contribution < -0.4 is 10.6 Å². The van der Waals surface area contributed by atoms with Crippen molar-refractivity contribution in [1.82, 2.24) is 25.4 Å². The van der Waals surface area contributed by atoms with Gasteiger partial charge in [0.2, 0.25) is 5.90 Å². The van der Waals surface area contributed by atoms with E-state index in [1.807, 2.05) is 211 Å². The van der Waals surface area contributed by atoms with Crippen molar-refractivity contribution in [3.8, 4) is 55.6 Å². The van der Waals surface area contributed by atoms with Crippen LogP contribution in [0.1, 0.15) is 107 Å². The lowest BCUT2D eigenvalue weighted by Gasteiger charge is -2.29. The van der Waals surface area contributed by atoms with E-state index in [-0.39, 0.29) is 48.4 Å². The van der Waals surface area contributed by atoms with Crippen LogP contribution in [-0.4, -0.2) is 149 Å². The molecule has 1 saturated heterocycles. The number of amides is 4. The second-order valence-electron chi connectivity index (χ2n) is 28.3. The number of nitrogens with zero attached hydrogens (tertiary/aromatic N) is 4. The van der Waals surface area contributed by atoms with Crippen molar-refractivity contribution in [2.24, 2.45) is 4.99 Å². The maximum Gasteiger partial charge on any atom is 0.253 e. The molecule has 0 aliphatic carbocycles. The van der Waals surface area contributed by atoms with Crippen LogP contribution in [0.15, 0.2) is 242 Å². The fourth-order valence-electron chi connectivity index (χ4n) is 12.8. The highest BCUT2D eigenvalue weighted by molar-refractivity contribution is 6.32. The summed E-state index contributed by atoms with van der Waals surface area (Å²) in [5.41, 5.74) is 19.5. The number of carbonyl (C=O) groups excluding carboxylic acids is 4. The molecule has 0 bridgehead atoms. The topological polar surface area (TPSA) is 220 Å². The monoisotopic (exact) mass is 1680 g/mol. The minimum atomic E-state index is -0.294. The molecular weight excluding hydrogens is 1580 g/mol. The summed E-state index contributed by atoms with van der Waals surface area (Å²) < 4.78 is 32.1. The Morgan fingerprint density at radius 3 is 1.18 bits per heavy atom. The lowest BCUT2D eigenvalue weighted by molar-refractivity contribution is 0.0545. The number of hydrogen-bond donors (Lipinski definition) is 4. The number of aromatic nitrogens is 1. The molecule has 0 radical (unpaired) electrons. The number of nitrogens with one attached hydrogen (secondary N) is 2. The zero-order valence-electron chi connectivity index (χ0n) is 66.9. The van der Waals surface area contributed by atoms with E-state index in [0.717, 1.165) is 99.6 Å². The molecule has 610 valence electrons. The van der Waals surface area contributed by atoms with Crippen LogP contribution in [0.4, 0.5) is 0 Å². The highest BCUT2D eigenvalue weighted by atomic mass is 35.5. The van der Waals surface area contributed by atoms with Gasteiger partial charge in [0.15, 0.2) is 0 Å². The summed E-state index contributed by atoms with van der Waals surface area (Å²) in [7, 11) is 11.8. The number of carbonyl (C=O) groups is 4. The van der Waals surface area contributed by atoms with Crippen LogP contribution >= 0.6 is 58.0 Å². The van der Waals surface area contributed by atoms with E-state index in [0.29, 0.717) is 120 Å². The first-order valence-corrected chi connectivity index (χ1v) is 39.7. The van der Waals surface area contributed by atoms with Gasteiger partial charge in [0.25, 0.3) is 23.6 Å². The number of likely N-dealkylation sites (tertiary alicyclic amines) is 1. The molecule has 0 atom stereocenters. The summed E-state index contributed by atoms with van der Waals surface area (Å²) >= 11 is 29.8. The van der Waals surface area contributed by atoms with Gasteiger partial charge in [0.1, 0.15) is 6.61 Å². The molecule has 4 N–H and O–H groups in total. The molecule has 0 unspecified atom stereocenters. The van der Waals surface area contributed by atoms with E-state index < -0.39 is 0 Å². The standard InChI is InChI=1S/C21H19ClN2O2.C20H22ClNO3.C19H20ClNO2.C17H18ClNO3.C17H18ClNO2/c1-26-14-18-3-2-17(12-20(18)16-4-6-19(22)7-5-16)21(25)24-13-15-8-10-23-11-9-15;1-25-13-16-3-2-15(20(24)22-10-8-18(23)9-11-22)12-19(16)14-4-6-17(21)7-5-14;1-19(2)12-23-18(21-19)14-6-9-17(15(10-14)11-22-3)13-4-7-16(20)8-5-13;1-22-11-14-3-2-13(17(21)19-8-9-20)10-16(14)12-4-6-15(18)7-5-12;1-19(2)17(20)13-4-5-14(11-21-3)16(10-13)12-6-8-15(18)9-7-12/h2-12H,13-14H2,1H3,(H,24,25);2-7,12,18,23H,8-11,13H2,1H3;4-10H,11-12H2,1-3H3;2-7,10,20H,8-9,11H2,1H3,(H,19,21);4-10H,11H2,1-3H3. The largest absolute Gasteiger partial charge is 0.475 e. The summed E-state index contributed by atoms with van der Waals surface area (Å²) in [5.74, 6) is 0.351. The van der Waals surface area contributed by atoms with E-state index in [1.54, 1.807) is 73.0 Å². The number of piperidine rings is 1. The number of aliphatic hydroxyl groups is 2. The fraction of sp³-hybridized carbons (Fsp3) is 0.255. The Kier molecular flexibility index (Phi) is 35.3. The number of benzene rings is 10. The van der Waals surface area contributed by atoms with Crippen LogP contribution in [0, 0.1) is 0 Å². The number of aliphatic hydroxyl groups excluding tert-OH is 2. The van der Waals surface area contributed by atoms with E-state index in [1.165, 1.54) is 0 Å². The molecule has 1 fully saturated rings. The van der Waals surface area contributed by atoms with Gasteiger partial charge in [-0.05, 0) is 249 Å². The first-order valence-electron chi connectivity index (χ1n) is 37.8. The number of ether oxygens (including phenoxy) is 6. The Labute approximate surface area is 710 Å². The molecule has 0 spiro atoms. The number of pyridine rings is 1. The molecule has 13 rings (SSSR count). The Balaban J connectivity index is 0.000000167. The fourth-order valence-corrected chi connectivity index (χ4v) is 13.4. The van der Waals surface area contributed by atoms with Gasteiger partial charge in [0.05, 0.1) is 51.3 Å². The number of halogens is 5. The maximum atomic E-state index is 12.8. The van der Waals surface area contributed by atoms with Gasteiger partial charge in [-0.1, -0.05) is 149 Å². The first kappa shape index (κ1) is 90.8. The van der Waals surface area contributed by atoms with Gasteiger partial charge in [-0.25, -0.2) is 4.99 Å². The van der Waals surface area contributed by atoms with Crippen molar-refractivity contribution in [3.05, 3.63) is 323 Å². The summed E-state index contributed by atoms with van der Waals surface area (Å²) in [6, 6.07) is 70.4. The average molecular weight is 1680 g/mol. The van der Waals surface area contributed by atoms with Crippen LogP contribution in [0.2, 0.25) is 25.1 Å². The predicted octanol–water partition coefficient (Wildman–Crippen LogP) is 19.7. The Morgan fingerprint density at radius 2 is 0.803 bits per heavy atom. The number of aliphatic imine (C=N–C) groups is 1. The second-order valence-corrected chi connectivity index (χ2v) is 30.5. The molecule has 23 heteroatoms. The quantitative estimate of drug-likeness (QED) is 0.0443. The van der Waals surface area contributed by atoms with Crippen molar-refractivity contribution in [2.75, 3.05) is 82.5 Å². The minimum Gasteiger partial charge on any atom is -0.475 e. The Morgan fingerprint density at radius 1 is 0.453 bits per heavy atom. The third-order valence-electron chi connectivity index (χ3n) is 18.8. The summed E-state index contributed by atoms with van der Waals surface area (Å²) in [6.45, 7) is 8.96. The molecule has 18 nitrogen and oxygen atoms in total. The van der Waals surface area contributed by atoms with Gasteiger partial charge < -0.3 is 59.1 Å². The molecular formula is C94H97Cl5N6O12. The van der Waals surface area contributed by atoms with Gasteiger partial charge in [-0.3, -0.25) is 24.2 Å². The molecule has 4 amide bonds. The Hall–Kier alpha value is -10.1. The lowest BCUT2D eigenvalue weighted by atomic mass is 9.96. The van der Waals surface area contributed by atoms with Crippen molar-refractivity contribution >= 4 is 87.5 Å². The van der Waals surface area contributed by atoms with Crippen LogP contribution in [0.5, 0.6) is 0 Å². The summed E-state index contributed by atoms with van der Waals surface area (Å²) in [6.07, 6.45) is 4.40. The van der Waals surface area contributed by atoms with Crippen LogP contribution in [0.25, 0.3) is 55.6 Å². The van der Waals surface area contributed by atoms with Crippen molar-refractivity contribution in [3.63, 3.8) is 0 Å². The van der Waals surface area contributed by atoms with Crippen LogP contribution in [0.3, 0.4) is 0 Å².